The van der Waals surface area contributed by atoms with Crippen LogP contribution >= 0.6 is 0 Å². The highest BCUT2D eigenvalue weighted by Gasteiger charge is 2.22. The van der Waals surface area contributed by atoms with Crippen LogP contribution < -0.4 is 4.90 Å². The zero-order valence-corrected chi connectivity index (χ0v) is 37.7. The smallest absolute Gasteiger partial charge is 0.143 e. The highest BCUT2D eigenvalue weighted by atomic mass is 16.3. The van der Waals surface area contributed by atoms with Gasteiger partial charge in [0.2, 0.25) is 0 Å². The number of furan rings is 1. The van der Waals surface area contributed by atoms with E-state index in [1.165, 1.54) is 32.9 Å². The van der Waals surface area contributed by atoms with E-state index >= 15 is 0 Å². The topological polar surface area (TPSA) is 21.3 Å². The molecule has 69 heavy (non-hydrogen) atoms. The highest BCUT2D eigenvalue weighted by molar-refractivity contribution is 6.11. The fraction of sp³-hybridized carbons (Fsp3) is 0. The third kappa shape index (κ3) is 7.08. The summed E-state index contributed by atoms with van der Waals surface area (Å²) in [5, 5.41) is 4.75. The number of aromatic nitrogens is 1. The Bertz CT molecular complexity index is 3940. The summed E-state index contributed by atoms with van der Waals surface area (Å²) in [6, 6.07) is 95.9. The summed E-state index contributed by atoms with van der Waals surface area (Å²) in [5.74, 6) is 0. The lowest BCUT2D eigenvalue weighted by atomic mass is 9.97. The van der Waals surface area contributed by atoms with Crippen molar-refractivity contribution in [2.24, 2.45) is 0 Å². The van der Waals surface area contributed by atoms with Crippen LogP contribution in [0, 0.1) is 0 Å². The Morgan fingerprint density at radius 3 is 1.41 bits per heavy atom. The maximum atomic E-state index is 6.77. The summed E-state index contributed by atoms with van der Waals surface area (Å²) in [4.78, 5) is 2.41. The first-order chi connectivity index (χ1) is 34.2. The predicted octanol–water partition coefficient (Wildman–Crippen LogP) is 18.5. The number of rotatable bonds is 9. The zero-order valence-electron chi connectivity index (χ0n) is 37.7. The number of nitrogens with zero attached hydrogens (tertiary/aromatic N) is 2. The van der Waals surface area contributed by atoms with Crippen molar-refractivity contribution in [2.75, 3.05) is 4.90 Å². The SMILES string of the molecule is c1ccc(-c2ccccc2N(c2ccc(-c3ccc(-c4cccc(-n5c6ccccc6c6ccccc65)c4)cc3)cc2)c2ccccc2-c2ccc3c(c2)oc2c(-c4ccccc4)cccc23)cc1. The molecule has 0 amide bonds. The van der Waals surface area contributed by atoms with Crippen molar-refractivity contribution < 1.29 is 4.42 Å². The van der Waals surface area contributed by atoms with Crippen molar-refractivity contribution in [1.82, 2.24) is 4.57 Å². The van der Waals surface area contributed by atoms with Gasteiger partial charge in [-0.05, 0) is 99.6 Å². The molecule has 324 valence electrons. The molecule has 3 nitrogen and oxygen atoms in total. The molecule has 0 saturated heterocycles. The van der Waals surface area contributed by atoms with Crippen LogP contribution in [0.15, 0.2) is 271 Å². The largest absolute Gasteiger partial charge is 0.455 e. The van der Waals surface area contributed by atoms with E-state index in [1.807, 2.05) is 0 Å². The third-order valence-corrected chi connectivity index (χ3v) is 13.6. The van der Waals surface area contributed by atoms with E-state index in [1.54, 1.807) is 0 Å². The molecule has 0 unspecified atom stereocenters. The van der Waals surface area contributed by atoms with Crippen LogP contribution in [0.25, 0.3) is 105 Å². The fourth-order valence-corrected chi connectivity index (χ4v) is 10.3. The van der Waals surface area contributed by atoms with Crippen molar-refractivity contribution in [3.8, 4) is 61.3 Å². The van der Waals surface area contributed by atoms with Gasteiger partial charge in [-0.15, -0.1) is 0 Å². The molecule has 0 aliphatic heterocycles. The quantitative estimate of drug-likeness (QED) is 0.144. The van der Waals surface area contributed by atoms with E-state index in [4.69, 9.17) is 4.42 Å². The molecule has 0 aliphatic carbocycles. The summed E-state index contributed by atoms with van der Waals surface area (Å²) >= 11 is 0. The monoisotopic (exact) mass is 880 g/mol. The summed E-state index contributed by atoms with van der Waals surface area (Å²) in [7, 11) is 0. The summed E-state index contributed by atoms with van der Waals surface area (Å²) in [5.41, 5.74) is 20.0. The van der Waals surface area contributed by atoms with Gasteiger partial charge in [0.25, 0.3) is 0 Å². The number of fused-ring (bicyclic) bond motifs is 6. The van der Waals surface area contributed by atoms with Crippen LogP contribution in [0.4, 0.5) is 17.1 Å². The molecular formula is C66H44N2O. The lowest BCUT2D eigenvalue weighted by molar-refractivity contribution is 0.670. The van der Waals surface area contributed by atoms with Crippen LogP contribution in [0.2, 0.25) is 0 Å². The van der Waals surface area contributed by atoms with E-state index in [9.17, 15) is 0 Å². The van der Waals surface area contributed by atoms with Gasteiger partial charge in [0.1, 0.15) is 11.2 Å². The lowest BCUT2D eigenvalue weighted by Gasteiger charge is -2.30. The second-order valence-electron chi connectivity index (χ2n) is 17.6. The Morgan fingerprint density at radius 1 is 0.290 bits per heavy atom. The Hall–Kier alpha value is -9.18. The molecule has 0 aliphatic rings. The Labute approximate surface area is 401 Å². The minimum atomic E-state index is 0.864. The molecule has 2 heterocycles. The maximum Gasteiger partial charge on any atom is 0.143 e. The molecule has 13 aromatic rings. The van der Waals surface area contributed by atoms with Crippen molar-refractivity contribution in [2.45, 2.75) is 0 Å². The molecular weight excluding hydrogens is 837 g/mol. The Kier molecular flexibility index (Phi) is 9.84. The minimum Gasteiger partial charge on any atom is -0.455 e. The van der Waals surface area contributed by atoms with E-state index in [0.29, 0.717) is 0 Å². The number of anilines is 3. The average Bonchev–Trinajstić information content (AvgIpc) is 3.98. The second-order valence-corrected chi connectivity index (χ2v) is 17.6. The average molecular weight is 881 g/mol. The standard InChI is InChI=1S/C66H44N2O/c1-3-17-48(18-4-1)54-23-7-11-29-61(54)67(62-30-12-8-24-55(62)51-39-42-59-60-28-16-27-56(49-19-5-2-6-20-49)66(60)69-65(59)44-51)52-40-37-46(38-41-52)45-33-35-47(36-34-45)50-21-15-22-53(43-50)68-63-31-13-9-25-57(63)58-26-10-14-32-64(58)68/h1-44H. The van der Waals surface area contributed by atoms with E-state index in [2.05, 4.69) is 276 Å². The van der Waals surface area contributed by atoms with Gasteiger partial charge in [0.15, 0.2) is 0 Å². The van der Waals surface area contributed by atoms with Gasteiger partial charge < -0.3 is 13.9 Å². The van der Waals surface area contributed by atoms with Gasteiger partial charge in [0.05, 0.1) is 22.4 Å². The van der Waals surface area contributed by atoms with Gasteiger partial charge in [-0.2, -0.15) is 0 Å². The zero-order chi connectivity index (χ0) is 45.7. The van der Waals surface area contributed by atoms with Crippen molar-refractivity contribution in [3.05, 3.63) is 267 Å². The maximum absolute atomic E-state index is 6.77. The molecule has 0 saturated carbocycles. The number of para-hydroxylation sites is 5. The van der Waals surface area contributed by atoms with Gasteiger partial charge in [0, 0.05) is 49.6 Å². The molecule has 2 aromatic heterocycles. The van der Waals surface area contributed by atoms with E-state index in [0.717, 1.165) is 89.2 Å². The number of benzene rings is 11. The van der Waals surface area contributed by atoms with Crippen LogP contribution in [0.1, 0.15) is 0 Å². The molecule has 0 atom stereocenters. The van der Waals surface area contributed by atoms with Gasteiger partial charge in [-0.1, -0.05) is 206 Å². The van der Waals surface area contributed by atoms with E-state index in [-0.39, 0.29) is 0 Å². The van der Waals surface area contributed by atoms with E-state index < -0.39 is 0 Å². The molecule has 0 radical (unpaired) electrons. The van der Waals surface area contributed by atoms with Crippen molar-refractivity contribution in [3.63, 3.8) is 0 Å². The minimum absolute atomic E-state index is 0.864. The number of hydrogen-bond acceptors (Lipinski definition) is 2. The van der Waals surface area contributed by atoms with Crippen molar-refractivity contribution in [1.29, 1.82) is 0 Å². The molecule has 0 N–H and O–H groups in total. The third-order valence-electron chi connectivity index (χ3n) is 13.6. The van der Waals surface area contributed by atoms with Gasteiger partial charge >= 0.3 is 0 Å². The van der Waals surface area contributed by atoms with Crippen LogP contribution in [-0.2, 0) is 0 Å². The fourth-order valence-electron chi connectivity index (χ4n) is 10.3. The first-order valence-corrected chi connectivity index (χ1v) is 23.6. The molecule has 3 heteroatoms. The highest BCUT2D eigenvalue weighted by Crippen LogP contribution is 2.46. The molecule has 13 rings (SSSR count). The summed E-state index contributed by atoms with van der Waals surface area (Å²) in [6.45, 7) is 0. The van der Waals surface area contributed by atoms with Crippen LogP contribution in [0.3, 0.4) is 0 Å². The lowest BCUT2D eigenvalue weighted by Crippen LogP contribution is -2.12. The van der Waals surface area contributed by atoms with Crippen LogP contribution in [-0.4, -0.2) is 4.57 Å². The second kappa shape index (κ2) is 16.9. The Morgan fingerprint density at radius 2 is 0.754 bits per heavy atom. The number of hydrogen-bond donors (Lipinski definition) is 0. The van der Waals surface area contributed by atoms with Crippen LogP contribution in [0.5, 0.6) is 0 Å². The normalized spacial score (nSPS) is 11.5. The predicted molar refractivity (Wildman–Crippen MR) is 290 cm³/mol. The Balaban J connectivity index is 0.874. The van der Waals surface area contributed by atoms with Gasteiger partial charge in [-0.3, -0.25) is 0 Å². The first-order valence-electron chi connectivity index (χ1n) is 23.6. The summed E-state index contributed by atoms with van der Waals surface area (Å²) in [6.07, 6.45) is 0. The summed E-state index contributed by atoms with van der Waals surface area (Å²) < 4.78 is 9.15. The molecule has 0 fully saturated rings. The molecule has 11 aromatic carbocycles. The first kappa shape index (κ1) is 40.1. The van der Waals surface area contributed by atoms with Crippen molar-refractivity contribution >= 4 is 60.8 Å². The molecule has 0 spiro atoms. The molecule has 0 bridgehead atoms. The van der Waals surface area contributed by atoms with Gasteiger partial charge in [-0.25, -0.2) is 0 Å².